The van der Waals surface area contributed by atoms with E-state index in [-0.39, 0.29) is 17.1 Å². The van der Waals surface area contributed by atoms with Crippen molar-refractivity contribution in [2.45, 2.75) is 0 Å². The van der Waals surface area contributed by atoms with Crippen LogP contribution in [0, 0.1) is 11.6 Å². The molecule has 1 aromatic carbocycles. The van der Waals surface area contributed by atoms with E-state index >= 15 is 0 Å². The zero-order valence-corrected chi connectivity index (χ0v) is 7.85. The highest BCUT2D eigenvalue weighted by Gasteiger charge is 2.14. The average molecular weight is 220 g/mol. The molecule has 0 spiro atoms. The van der Waals surface area contributed by atoms with Crippen LogP contribution in [0.3, 0.4) is 0 Å². The van der Waals surface area contributed by atoms with Gasteiger partial charge in [0.15, 0.2) is 11.6 Å². The highest BCUT2D eigenvalue weighted by molar-refractivity contribution is 6.32. The molecule has 0 fully saturated rings. The first kappa shape index (κ1) is 10.9. The molecule has 3 N–H and O–H groups in total. The molecule has 0 unspecified atom stereocenters. The van der Waals surface area contributed by atoms with Crippen molar-refractivity contribution in [3.8, 4) is 5.75 Å². The van der Waals surface area contributed by atoms with Gasteiger partial charge in [-0.1, -0.05) is 23.8 Å². The maximum Gasteiger partial charge on any atom is 0.169 e. The van der Waals surface area contributed by atoms with Gasteiger partial charge < -0.3 is 10.8 Å². The standard InChI is InChI=1S/C9H8ClF2NO/c10-6-4-7(11)8(12)5(9(6)14)2-1-3-13/h1-2,4,14H,3,13H2/b2-1+. The summed E-state index contributed by atoms with van der Waals surface area (Å²) >= 11 is 5.45. The molecule has 0 saturated carbocycles. The van der Waals surface area contributed by atoms with Crippen LogP contribution >= 0.6 is 11.6 Å². The monoisotopic (exact) mass is 219 g/mol. The molecular formula is C9H8ClF2NO. The number of phenols is 1. The topological polar surface area (TPSA) is 46.2 Å². The molecule has 0 aromatic heterocycles. The summed E-state index contributed by atoms with van der Waals surface area (Å²) in [5.74, 6) is -2.74. The lowest BCUT2D eigenvalue weighted by atomic mass is 10.1. The number of nitrogens with two attached hydrogens (primary N) is 1. The molecule has 0 aliphatic rings. The number of aromatic hydroxyl groups is 1. The van der Waals surface area contributed by atoms with Crippen molar-refractivity contribution in [3.63, 3.8) is 0 Å². The number of hydrogen-bond donors (Lipinski definition) is 2. The van der Waals surface area contributed by atoms with Gasteiger partial charge in [-0.25, -0.2) is 8.78 Å². The fourth-order valence-electron chi connectivity index (χ4n) is 0.942. The molecule has 76 valence electrons. The number of halogens is 3. The average Bonchev–Trinajstić information content (AvgIpc) is 2.15. The zero-order chi connectivity index (χ0) is 10.7. The normalized spacial score (nSPS) is 11.1. The molecule has 1 rings (SSSR count). The third-order valence-corrected chi connectivity index (χ3v) is 1.89. The summed E-state index contributed by atoms with van der Waals surface area (Å²) in [6.07, 6.45) is 2.56. The summed E-state index contributed by atoms with van der Waals surface area (Å²) in [4.78, 5) is 0. The molecule has 0 atom stereocenters. The third kappa shape index (κ3) is 2.02. The summed E-state index contributed by atoms with van der Waals surface area (Å²) in [6, 6.07) is 0.714. The second kappa shape index (κ2) is 4.39. The minimum Gasteiger partial charge on any atom is -0.506 e. The predicted molar refractivity (Wildman–Crippen MR) is 51.1 cm³/mol. The van der Waals surface area contributed by atoms with E-state index in [1.807, 2.05) is 0 Å². The molecule has 0 amide bonds. The second-order valence-electron chi connectivity index (χ2n) is 2.55. The van der Waals surface area contributed by atoms with E-state index < -0.39 is 17.4 Å². The number of phenolic OH excluding ortho intramolecular Hbond substituents is 1. The van der Waals surface area contributed by atoms with Gasteiger partial charge in [-0.15, -0.1) is 0 Å². The van der Waals surface area contributed by atoms with Gasteiger partial charge in [0.1, 0.15) is 5.75 Å². The highest BCUT2D eigenvalue weighted by atomic mass is 35.5. The minimum atomic E-state index is -1.14. The summed E-state index contributed by atoms with van der Waals surface area (Å²) < 4.78 is 25.9. The van der Waals surface area contributed by atoms with Crippen molar-refractivity contribution in [3.05, 3.63) is 34.4 Å². The Balaban J connectivity index is 3.32. The maximum absolute atomic E-state index is 13.1. The second-order valence-corrected chi connectivity index (χ2v) is 2.96. The van der Waals surface area contributed by atoms with Gasteiger partial charge in [0, 0.05) is 6.54 Å². The number of rotatable bonds is 2. The fraction of sp³-hybridized carbons (Fsp3) is 0.111. The van der Waals surface area contributed by atoms with Crippen LogP contribution in [0.1, 0.15) is 5.56 Å². The Morgan fingerprint density at radius 2 is 2.14 bits per heavy atom. The van der Waals surface area contributed by atoms with Crippen LogP contribution in [0.15, 0.2) is 12.1 Å². The quantitative estimate of drug-likeness (QED) is 0.750. The van der Waals surface area contributed by atoms with E-state index in [2.05, 4.69) is 0 Å². The lowest BCUT2D eigenvalue weighted by Crippen LogP contribution is -1.94. The van der Waals surface area contributed by atoms with Gasteiger partial charge in [-0.05, 0) is 6.07 Å². The van der Waals surface area contributed by atoms with Crippen LogP contribution in [-0.4, -0.2) is 11.7 Å². The Morgan fingerprint density at radius 1 is 1.50 bits per heavy atom. The highest BCUT2D eigenvalue weighted by Crippen LogP contribution is 2.32. The molecule has 2 nitrogen and oxygen atoms in total. The predicted octanol–water partition coefficient (Wildman–Crippen LogP) is 2.30. The van der Waals surface area contributed by atoms with Gasteiger partial charge >= 0.3 is 0 Å². The third-order valence-electron chi connectivity index (χ3n) is 1.60. The molecule has 0 bridgehead atoms. The van der Waals surface area contributed by atoms with Crippen molar-refractivity contribution in [1.29, 1.82) is 0 Å². The van der Waals surface area contributed by atoms with E-state index in [0.717, 1.165) is 0 Å². The molecule has 0 radical (unpaired) electrons. The Kier molecular flexibility index (Phi) is 3.43. The SMILES string of the molecule is NC/C=C/c1c(O)c(Cl)cc(F)c1F. The van der Waals surface area contributed by atoms with Gasteiger partial charge in [0.2, 0.25) is 0 Å². The van der Waals surface area contributed by atoms with Crippen molar-refractivity contribution >= 4 is 17.7 Å². The molecule has 0 saturated heterocycles. The Hall–Kier alpha value is -1.13. The summed E-state index contributed by atoms with van der Waals surface area (Å²) in [7, 11) is 0. The van der Waals surface area contributed by atoms with E-state index in [1.165, 1.54) is 12.2 Å². The molecule has 0 aliphatic heterocycles. The van der Waals surface area contributed by atoms with Crippen LogP contribution in [0.2, 0.25) is 5.02 Å². The van der Waals surface area contributed by atoms with Crippen LogP contribution in [-0.2, 0) is 0 Å². The molecule has 5 heteroatoms. The van der Waals surface area contributed by atoms with Crippen molar-refractivity contribution in [2.24, 2.45) is 5.73 Å². The van der Waals surface area contributed by atoms with Crippen molar-refractivity contribution in [2.75, 3.05) is 6.54 Å². The number of hydrogen-bond acceptors (Lipinski definition) is 2. The van der Waals surface area contributed by atoms with E-state index in [0.29, 0.717) is 6.07 Å². The van der Waals surface area contributed by atoms with Gasteiger partial charge in [-0.2, -0.15) is 0 Å². The van der Waals surface area contributed by atoms with Crippen LogP contribution in [0.25, 0.3) is 6.08 Å². The Labute approximate surface area is 84.6 Å². The van der Waals surface area contributed by atoms with Gasteiger partial charge in [0.25, 0.3) is 0 Å². The smallest absolute Gasteiger partial charge is 0.169 e. The van der Waals surface area contributed by atoms with Crippen molar-refractivity contribution < 1.29 is 13.9 Å². The first-order valence-corrected chi connectivity index (χ1v) is 4.18. The summed E-state index contributed by atoms with van der Waals surface area (Å²) in [5, 5.41) is 9.06. The molecular weight excluding hydrogens is 212 g/mol. The first-order valence-electron chi connectivity index (χ1n) is 3.81. The van der Waals surface area contributed by atoms with Gasteiger partial charge in [0.05, 0.1) is 10.6 Å². The van der Waals surface area contributed by atoms with Gasteiger partial charge in [-0.3, -0.25) is 0 Å². The first-order chi connectivity index (χ1) is 6.57. The van der Waals surface area contributed by atoms with E-state index in [9.17, 15) is 13.9 Å². The number of benzene rings is 1. The molecule has 0 heterocycles. The van der Waals surface area contributed by atoms with Crippen molar-refractivity contribution in [1.82, 2.24) is 0 Å². The lowest BCUT2D eigenvalue weighted by Gasteiger charge is -2.04. The fourth-order valence-corrected chi connectivity index (χ4v) is 1.14. The van der Waals surface area contributed by atoms with E-state index in [1.54, 1.807) is 0 Å². The summed E-state index contributed by atoms with van der Waals surface area (Å²) in [5.41, 5.74) is 4.84. The summed E-state index contributed by atoms with van der Waals surface area (Å²) in [6.45, 7) is 0.160. The molecule has 1 aromatic rings. The lowest BCUT2D eigenvalue weighted by molar-refractivity contribution is 0.452. The minimum absolute atomic E-state index is 0.160. The molecule has 14 heavy (non-hydrogen) atoms. The Bertz CT molecular complexity index is 353. The van der Waals surface area contributed by atoms with Crippen LogP contribution < -0.4 is 5.73 Å². The van der Waals surface area contributed by atoms with Crippen LogP contribution in [0.5, 0.6) is 5.75 Å². The Morgan fingerprint density at radius 3 is 2.71 bits per heavy atom. The van der Waals surface area contributed by atoms with E-state index in [4.69, 9.17) is 17.3 Å². The maximum atomic E-state index is 13.1. The largest absolute Gasteiger partial charge is 0.506 e. The molecule has 0 aliphatic carbocycles. The zero-order valence-electron chi connectivity index (χ0n) is 7.10. The van der Waals surface area contributed by atoms with Crippen LogP contribution in [0.4, 0.5) is 8.78 Å².